The molecule has 148 valence electrons. The average Bonchev–Trinajstić information content (AvgIpc) is 3.29. The largest absolute Gasteiger partial charge is 0.302 e. The summed E-state index contributed by atoms with van der Waals surface area (Å²) in [5.41, 5.74) is 1.96. The summed E-state index contributed by atoms with van der Waals surface area (Å²) in [4.78, 5) is 18.3. The van der Waals surface area contributed by atoms with Crippen LogP contribution >= 0.6 is 11.3 Å². The van der Waals surface area contributed by atoms with E-state index >= 15 is 0 Å². The summed E-state index contributed by atoms with van der Waals surface area (Å²) < 4.78 is 26.5. The summed E-state index contributed by atoms with van der Waals surface area (Å²) in [6.45, 7) is 0.710. The second-order valence-corrected chi connectivity index (χ2v) is 10.1. The van der Waals surface area contributed by atoms with Gasteiger partial charge in [-0.05, 0) is 43.7 Å². The Hall–Kier alpha value is -2.03. The van der Waals surface area contributed by atoms with Crippen LogP contribution in [0.1, 0.15) is 35.4 Å². The zero-order valence-electron chi connectivity index (χ0n) is 15.5. The molecular weight excluding hydrogens is 394 g/mol. The van der Waals surface area contributed by atoms with E-state index in [0.717, 1.165) is 30.5 Å². The number of piperidine rings is 1. The van der Waals surface area contributed by atoms with Crippen molar-refractivity contribution in [3.8, 4) is 0 Å². The Morgan fingerprint density at radius 3 is 2.64 bits per heavy atom. The van der Waals surface area contributed by atoms with Crippen molar-refractivity contribution >= 4 is 38.5 Å². The van der Waals surface area contributed by atoms with Gasteiger partial charge in [-0.15, -0.1) is 11.3 Å². The first-order valence-electron chi connectivity index (χ1n) is 9.54. The molecule has 6 nitrogen and oxygen atoms in total. The number of nitrogens with one attached hydrogen (secondary N) is 1. The first kappa shape index (κ1) is 19.3. The van der Waals surface area contributed by atoms with Gasteiger partial charge in [0.15, 0.2) is 5.13 Å². The Labute approximate surface area is 169 Å². The number of aromatic nitrogens is 1. The highest BCUT2D eigenvalue weighted by atomic mass is 32.2. The summed E-state index contributed by atoms with van der Waals surface area (Å²) in [6.07, 6.45) is 5.85. The number of nitrogens with zero attached hydrogens (tertiary/aromatic N) is 2. The van der Waals surface area contributed by atoms with Gasteiger partial charge in [0.1, 0.15) is 0 Å². The summed E-state index contributed by atoms with van der Waals surface area (Å²) in [5.74, 6) is -0.229. The van der Waals surface area contributed by atoms with Crippen molar-refractivity contribution in [2.75, 3.05) is 18.4 Å². The van der Waals surface area contributed by atoms with E-state index in [9.17, 15) is 13.2 Å². The Morgan fingerprint density at radius 1 is 1.18 bits per heavy atom. The highest BCUT2D eigenvalue weighted by Gasteiger charge is 2.30. The highest BCUT2D eigenvalue weighted by molar-refractivity contribution is 7.92. The number of hydrogen-bond acceptors (Lipinski definition) is 5. The van der Waals surface area contributed by atoms with Gasteiger partial charge >= 0.3 is 0 Å². The van der Waals surface area contributed by atoms with E-state index in [4.69, 9.17) is 0 Å². The van der Waals surface area contributed by atoms with Gasteiger partial charge in [0, 0.05) is 29.3 Å². The van der Waals surface area contributed by atoms with Crippen LogP contribution in [0.4, 0.5) is 5.13 Å². The van der Waals surface area contributed by atoms with Gasteiger partial charge in [0.2, 0.25) is 15.9 Å². The van der Waals surface area contributed by atoms with E-state index in [1.807, 2.05) is 30.3 Å². The zero-order valence-corrected chi connectivity index (χ0v) is 17.1. The third kappa shape index (κ3) is 4.34. The molecule has 1 saturated heterocycles. The predicted molar refractivity (Wildman–Crippen MR) is 111 cm³/mol. The van der Waals surface area contributed by atoms with Crippen molar-refractivity contribution in [3.05, 3.63) is 51.9 Å². The molecule has 2 heterocycles. The van der Waals surface area contributed by atoms with Crippen LogP contribution in [0.2, 0.25) is 0 Å². The summed E-state index contributed by atoms with van der Waals surface area (Å²) in [6, 6.07) is 9.34. The quantitative estimate of drug-likeness (QED) is 0.810. The fraction of sp³-hybridized carbons (Fsp3) is 0.400. The zero-order chi connectivity index (χ0) is 19.6. The predicted octanol–water partition coefficient (Wildman–Crippen LogP) is 3.28. The number of amides is 1. The van der Waals surface area contributed by atoms with Crippen molar-refractivity contribution in [2.45, 2.75) is 32.1 Å². The molecule has 1 aliphatic carbocycles. The fourth-order valence-electron chi connectivity index (χ4n) is 3.64. The van der Waals surface area contributed by atoms with Crippen LogP contribution in [-0.4, -0.2) is 36.7 Å². The lowest BCUT2D eigenvalue weighted by atomic mass is 9.97. The molecule has 0 unspecified atom stereocenters. The normalized spacial score (nSPS) is 18.4. The lowest BCUT2D eigenvalue weighted by Crippen LogP contribution is -2.40. The van der Waals surface area contributed by atoms with E-state index in [2.05, 4.69) is 10.3 Å². The minimum atomic E-state index is -3.48. The van der Waals surface area contributed by atoms with Crippen molar-refractivity contribution in [3.63, 3.8) is 0 Å². The van der Waals surface area contributed by atoms with E-state index in [1.165, 1.54) is 14.6 Å². The van der Waals surface area contributed by atoms with Crippen molar-refractivity contribution in [2.24, 2.45) is 5.92 Å². The standard InChI is InChI=1S/C20H23N3O3S2/c24-19(22-20-21-17-7-4-8-18(17)27-20)16-9-12-23(13-10-16)28(25,26)14-11-15-5-2-1-3-6-15/h1-3,5-6,11,14,16H,4,7-10,12-13H2,(H,21,22,24)/b14-11+. The topological polar surface area (TPSA) is 79.4 Å². The number of rotatable bonds is 5. The lowest BCUT2D eigenvalue weighted by Gasteiger charge is -2.29. The molecule has 2 aliphatic rings. The van der Waals surface area contributed by atoms with E-state index < -0.39 is 10.0 Å². The number of carbonyl (C=O) groups is 1. The molecule has 1 amide bonds. The van der Waals surface area contributed by atoms with Crippen molar-refractivity contribution < 1.29 is 13.2 Å². The Balaban J connectivity index is 1.32. The monoisotopic (exact) mass is 417 g/mol. The van der Waals surface area contributed by atoms with E-state index in [1.54, 1.807) is 17.4 Å². The van der Waals surface area contributed by atoms with Crippen LogP contribution < -0.4 is 5.32 Å². The molecular formula is C20H23N3O3S2. The second kappa shape index (κ2) is 8.14. The van der Waals surface area contributed by atoms with Gasteiger partial charge in [-0.3, -0.25) is 4.79 Å². The van der Waals surface area contributed by atoms with Crippen LogP contribution in [0.25, 0.3) is 6.08 Å². The second-order valence-electron chi connectivity index (χ2n) is 7.16. The maximum absolute atomic E-state index is 12.5. The smallest absolute Gasteiger partial charge is 0.236 e. The van der Waals surface area contributed by atoms with E-state index in [-0.39, 0.29) is 11.8 Å². The summed E-state index contributed by atoms with van der Waals surface area (Å²) in [7, 11) is -3.48. The average molecular weight is 418 g/mol. The van der Waals surface area contributed by atoms with Crippen LogP contribution in [0.5, 0.6) is 0 Å². The number of carbonyl (C=O) groups excluding carboxylic acids is 1. The van der Waals surface area contributed by atoms with Gasteiger partial charge in [-0.1, -0.05) is 30.3 Å². The molecule has 0 bridgehead atoms. The number of anilines is 1. The number of fused-ring (bicyclic) bond motifs is 1. The molecule has 28 heavy (non-hydrogen) atoms. The molecule has 1 N–H and O–H groups in total. The van der Waals surface area contributed by atoms with Crippen LogP contribution in [-0.2, 0) is 27.7 Å². The first-order chi connectivity index (χ1) is 13.5. The Kier molecular flexibility index (Phi) is 5.61. The van der Waals surface area contributed by atoms with Crippen molar-refractivity contribution in [1.29, 1.82) is 0 Å². The first-order valence-corrected chi connectivity index (χ1v) is 11.9. The summed E-state index contributed by atoms with van der Waals surface area (Å²) >= 11 is 1.57. The van der Waals surface area contributed by atoms with Gasteiger partial charge in [0.05, 0.1) is 5.69 Å². The number of thiazole rings is 1. The summed E-state index contributed by atoms with van der Waals surface area (Å²) in [5, 5.41) is 4.85. The van der Waals surface area contributed by atoms with Gasteiger partial charge < -0.3 is 5.32 Å². The molecule has 1 aromatic carbocycles. The van der Waals surface area contributed by atoms with Crippen molar-refractivity contribution in [1.82, 2.24) is 9.29 Å². The molecule has 0 atom stereocenters. The SMILES string of the molecule is O=C(Nc1nc2c(s1)CCC2)C1CCN(S(=O)(=O)/C=C/c2ccccc2)CC1. The van der Waals surface area contributed by atoms with Gasteiger partial charge in [-0.25, -0.2) is 13.4 Å². The highest BCUT2D eigenvalue weighted by Crippen LogP contribution is 2.31. The van der Waals surface area contributed by atoms with Crippen LogP contribution in [0.3, 0.4) is 0 Å². The maximum Gasteiger partial charge on any atom is 0.236 e. The fourth-order valence-corrected chi connectivity index (χ4v) is 5.91. The van der Waals surface area contributed by atoms with Gasteiger partial charge in [-0.2, -0.15) is 4.31 Å². The third-order valence-electron chi connectivity index (χ3n) is 5.24. The Bertz CT molecular complexity index is 954. The minimum Gasteiger partial charge on any atom is -0.302 e. The number of benzene rings is 1. The third-order valence-corrected chi connectivity index (χ3v) is 7.88. The van der Waals surface area contributed by atoms with E-state index in [0.29, 0.717) is 31.1 Å². The molecule has 1 aliphatic heterocycles. The molecule has 2 aromatic rings. The maximum atomic E-state index is 12.5. The van der Waals surface area contributed by atoms with Crippen LogP contribution in [0.15, 0.2) is 35.7 Å². The van der Waals surface area contributed by atoms with Crippen LogP contribution in [0, 0.1) is 5.92 Å². The molecule has 4 rings (SSSR count). The number of aryl methyl sites for hydroxylation is 2. The molecule has 8 heteroatoms. The molecule has 0 radical (unpaired) electrons. The Morgan fingerprint density at radius 2 is 1.93 bits per heavy atom. The molecule has 1 aromatic heterocycles. The molecule has 0 spiro atoms. The van der Waals surface area contributed by atoms with Gasteiger partial charge in [0.25, 0.3) is 0 Å². The molecule has 1 fully saturated rings. The molecule has 0 saturated carbocycles. The number of sulfonamides is 1. The number of hydrogen-bond donors (Lipinski definition) is 1. The minimum absolute atomic E-state index is 0.0516. The lowest BCUT2D eigenvalue weighted by molar-refractivity contribution is -0.120.